The first-order chi connectivity index (χ1) is 18.6. The predicted molar refractivity (Wildman–Crippen MR) is 138 cm³/mol. The van der Waals surface area contributed by atoms with Gasteiger partial charge in [0.2, 0.25) is 0 Å². The molecule has 0 aliphatic rings. The van der Waals surface area contributed by atoms with E-state index in [1.165, 1.54) is 0 Å². The van der Waals surface area contributed by atoms with Crippen molar-refractivity contribution in [2.24, 2.45) is 0 Å². The van der Waals surface area contributed by atoms with Crippen molar-refractivity contribution in [3.8, 4) is 0 Å². The van der Waals surface area contributed by atoms with Crippen molar-refractivity contribution >= 4 is 57.3 Å². The number of carbonyl (C=O) groups excluding carboxylic acids is 1. The van der Waals surface area contributed by atoms with Gasteiger partial charge in [-0.05, 0) is 35.9 Å². The third-order valence-corrected chi connectivity index (χ3v) is 7.83. The number of carbonyl (C=O) groups is 1. The Hall–Kier alpha value is -2.00. The molecule has 0 spiro atoms. The van der Waals surface area contributed by atoms with Gasteiger partial charge in [-0.3, -0.25) is 9.00 Å². The van der Waals surface area contributed by atoms with Crippen molar-refractivity contribution in [2.45, 2.75) is 37.3 Å². The number of ether oxygens (including phenoxy) is 1. The van der Waals surface area contributed by atoms with Gasteiger partial charge in [-0.1, -0.05) is 40.9 Å². The van der Waals surface area contributed by atoms with Crippen LogP contribution >= 0.6 is 34.8 Å². The Kier molecular flexibility index (Phi) is 11.6. The molecular weight excluding hydrogens is 660 g/mol. The number of alkyl halides is 8. The summed E-state index contributed by atoms with van der Waals surface area (Å²) in [5, 5.41) is 1.26. The zero-order valence-corrected chi connectivity index (χ0v) is 23.8. The topological polar surface area (TPSA) is 55.4 Å². The molecule has 3 unspecified atom stereocenters. The third kappa shape index (κ3) is 10.1. The number of methoxy groups -OCH3 is 1. The highest BCUT2D eigenvalue weighted by Gasteiger charge is 2.38. The maximum absolute atomic E-state index is 15.1. The van der Waals surface area contributed by atoms with Crippen LogP contribution in [0.3, 0.4) is 0 Å². The number of benzene rings is 2. The Morgan fingerprint density at radius 3 is 2.05 bits per heavy atom. The first-order valence-electron chi connectivity index (χ1n) is 11.0. The predicted octanol–water partition coefficient (Wildman–Crippen LogP) is 8.43. The normalized spacial score (nSPS) is 15.4. The van der Waals surface area contributed by atoms with E-state index in [1.54, 1.807) is 0 Å². The third-order valence-electron chi connectivity index (χ3n) is 5.31. The minimum Gasteiger partial charge on any atom is -0.361 e. The molecule has 2 aromatic rings. The van der Waals surface area contributed by atoms with Crippen LogP contribution in [0.1, 0.15) is 39.9 Å². The van der Waals surface area contributed by atoms with E-state index in [0.29, 0.717) is 25.1 Å². The molecule has 4 nitrogen and oxygen atoms in total. The summed E-state index contributed by atoms with van der Waals surface area (Å²) in [5.74, 6) is -11.4. The molecule has 0 heterocycles. The number of amides is 1. The maximum Gasteiger partial charge on any atom is 0.417 e. The maximum atomic E-state index is 15.1. The van der Waals surface area contributed by atoms with Crippen molar-refractivity contribution in [3.05, 3.63) is 73.7 Å². The molecule has 0 saturated heterocycles. The van der Waals surface area contributed by atoms with E-state index >= 15 is 4.39 Å². The molecule has 41 heavy (non-hydrogen) atoms. The molecule has 2 aromatic carbocycles. The molecule has 0 radical (unpaired) electrons. The van der Waals surface area contributed by atoms with E-state index in [9.17, 15) is 44.1 Å². The van der Waals surface area contributed by atoms with Crippen molar-refractivity contribution in [3.63, 3.8) is 0 Å². The van der Waals surface area contributed by atoms with Crippen LogP contribution in [0.15, 0.2) is 36.4 Å². The van der Waals surface area contributed by atoms with Gasteiger partial charge in [-0.25, -0.2) is 13.2 Å². The molecule has 17 heteroatoms. The molecule has 1 amide bonds. The quantitative estimate of drug-likeness (QED) is 0.156. The molecular formula is C24H19Cl3F9NO3S. The first-order valence-corrected chi connectivity index (χ1v) is 13.6. The summed E-state index contributed by atoms with van der Waals surface area (Å²) in [7, 11) is -1.68. The van der Waals surface area contributed by atoms with Crippen molar-refractivity contribution in [2.75, 3.05) is 18.6 Å². The Labute approximate surface area is 245 Å². The van der Waals surface area contributed by atoms with Crippen LogP contribution in [0.2, 0.25) is 15.1 Å². The minimum atomic E-state index is -5.27. The Bertz CT molecular complexity index is 1310. The largest absolute Gasteiger partial charge is 0.417 e. The van der Waals surface area contributed by atoms with Gasteiger partial charge in [0, 0.05) is 30.4 Å². The monoisotopic (exact) mass is 677 g/mol. The average molecular weight is 679 g/mol. The molecule has 0 aliphatic carbocycles. The van der Waals surface area contributed by atoms with Gasteiger partial charge in [0.15, 0.2) is 0 Å². The second-order valence-corrected chi connectivity index (χ2v) is 11.3. The highest BCUT2D eigenvalue weighted by molar-refractivity contribution is 7.85. The van der Waals surface area contributed by atoms with Crippen LogP contribution in [0, 0.1) is 0 Å². The summed E-state index contributed by atoms with van der Waals surface area (Å²) in [6, 6.07) is 3.41. The lowest BCUT2D eigenvalue weighted by molar-refractivity contribution is -0.138. The van der Waals surface area contributed by atoms with E-state index in [4.69, 9.17) is 39.5 Å². The Morgan fingerprint density at radius 2 is 1.59 bits per heavy atom. The summed E-state index contributed by atoms with van der Waals surface area (Å²) in [6.07, 6.45) is -11.4. The summed E-state index contributed by atoms with van der Waals surface area (Å²) in [5.41, 5.74) is -3.91. The van der Waals surface area contributed by atoms with Crippen LogP contribution < -0.4 is 5.32 Å². The molecule has 3 atom stereocenters. The molecule has 228 valence electrons. The first kappa shape index (κ1) is 35.2. The van der Waals surface area contributed by atoms with E-state index < -0.39 is 81.2 Å². The number of nitrogens with one attached hydrogen (secondary N) is 1. The van der Waals surface area contributed by atoms with Gasteiger partial charge in [-0.2, -0.15) is 26.3 Å². The van der Waals surface area contributed by atoms with Crippen LogP contribution in [0.4, 0.5) is 39.5 Å². The second-order valence-electron chi connectivity index (χ2n) is 8.57. The molecule has 0 saturated carbocycles. The van der Waals surface area contributed by atoms with Crippen LogP contribution in [0.5, 0.6) is 0 Å². The summed E-state index contributed by atoms with van der Waals surface area (Å²) in [6.45, 7) is 0.431. The Morgan fingerprint density at radius 1 is 1.02 bits per heavy atom. The zero-order chi connectivity index (χ0) is 31.5. The van der Waals surface area contributed by atoms with Crippen molar-refractivity contribution in [1.82, 2.24) is 5.32 Å². The molecule has 0 aliphatic heterocycles. The number of rotatable bonds is 10. The molecule has 1 N–H and O–H groups in total. The fraction of sp³-hybridized carbons (Fsp3) is 0.375. The van der Waals surface area contributed by atoms with E-state index in [-0.39, 0.29) is 26.7 Å². The summed E-state index contributed by atoms with van der Waals surface area (Å²) < 4.78 is 139. The number of allylic oxidation sites excluding steroid dienone is 1. The molecule has 0 bridgehead atoms. The number of halogens is 12. The highest BCUT2D eigenvalue weighted by Crippen LogP contribution is 2.42. The van der Waals surface area contributed by atoms with Crippen LogP contribution in [-0.4, -0.2) is 47.1 Å². The molecule has 0 aromatic heterocycles. The van der Waals surface area contributed by atoms with Crippen LogP contribution in [0.25, 0.3) is 5.83 Å². The lowest BCUT2D eigenvalue weighted by Crippen LogP contribution is -2.41. The average Bonchev–Trinajstić information content (AvgIpc) is 2.82. The van der Waals surface area contributed by atoms with Crippen molar-refractivity contribution in [1.29, 1.82) is 0 Å². The SMILES string of the molecule is COC(CS(=O)CC(F)(F)F)NC(=O)c1ccc(/C(F)=C/C(c2cc(Cl)c(Cl)c(Cl)c2)C(C)(F)F)cc1C(F)(F)F. The highest BCUT2D eigenvalue weighted by atomic mass is 35.5. The fourth-order valence-corrected chi connectivity index (χ4v) is 5.11. The van der Waals surface area contributed by atoms with Crippen molar-refractivity contribution < 1.29 is 53.3 Å². The fourth-order valence-electron chi connectivity index (χ4n) is 3.46. The summed E-state index contributed by atoms with van der Waals surface area (Å²) in [4.78, 5) is 12.6. The Balaban J connectivity index is 2.46. The number of hydrogen-bond acceptors (Lipinski definition) is 3. The van der Waals surface area contributed by atoms with Gasteiger partial charge >= 0.3 is 12.4 Å². The molecule has 0 fully saturated rings. The van der Waals surface area contributed by atoms with Crippen LogP contribution in [-0.2, 0) is 21.7 Å². The van der Waals surface area contributed by atoms with Gasteiger partial charge in [0.25, 0.3) is 11.8 Å². The lowest BCUT2D eigenvalue weighted by Gasteiger charge is -2.22. The number of hydrogen-bond donors (Lipinski definition) is 1. The standard InChI is InChI=1S/C24H19Cl3F9NO3S/c1-22(29,30)14(12-6-16(25)20(27)17(26)7-12)8-18(28)11-3-4-13(15(5-11)24(34,35)36)21(38)37-19(40-2)9-41(39)10-23(31,32)33/h3-8,14,19H,9-10H2,1-2H3,(H,37,38)/b18-8-. The lowest BCUT2D eigenvalue weighted by atomic mass is 9.91. The van der Waals surface area contributed by atoms with Gasteiger partial charge < -0.3 is 10.1 Å². The smallest absolute Gasteiger partial charge is 0.361 e. The summed E-state index contributed by atoms with van der Waals surface area (Å²) >= 11 is 17.6. The van der Waals surface area contributed by atoms with E-state index in [0.717, 1.165) is 19.2 Å². The van der Waals surface area contributed by atoms with E-state index in [2.05, 4.69) is 0 Å². The zero-order valence-electron chi connectivity index (χ0n) is 20.7. The van der Waals surface area contributed by atoms with E-state index in [1.807, 2.05) is 5.32 Å². The van der Waals surface area contributed by atoms with Gasteiger partial charge in [0.05, 0.1) is 37.9 Å². The molecule has 2 rings (SSSR count). The van der Waals surface area contributed by atoms with Gasteiger partial charge in [-0.15, -0.1) is 0 Å². The van der Waals surface area contributed by atoms with Gasteiger partial charge in [0.1, 0.15) is 17.8 Å². The minimum absolute atomic E-state index is 0.161. The second kappa shape index (κ2) is 13.5.